The number of nitrogens with zero attached hydrogens (tertiary/aromatic N) is 1. The molecule has 1 N–H and O–H groups in total. The molecule has 2 aromatic carbocycles. The van der Waals surface area contributed by atoms with E-state index in [1.54, 1.807) is 42.5 Å². The van der Waals surface area contributed by atoms with Gasteiger partial charge in [-0.15, -0.1) is 0 Å². The van der Waals surface area contributed by atoms with E-state index in [0.29, 0.717) is 10.6 Å². The molecule has 0 spiro atoms. The van der Waals surface area contributed by atoms with Crippen LogP contribution >= 0.6 is 23.2 Å². The minimum Gasteiger partial charge on any atom is -0.200 e. The summed E-state index contributed by atoms with van der Waals surface area (Å²) in [7, 11) is -3.72. The maximum Gasteiger partial charge on any atom is 0.276 e. The highest BCUT2D eigenvalue weighted by Crippen LogP contribution is 2.12. The first-order valence-corrected chi connectivity index (χ1v) is 7.79. The van der Waals surface area contributed by atoms with Gasteiger partial charge in [0.05, 0.1) is 4.90 Å². The molecule has 0 aliphatic rings. The zero-order valence-corrected chi connectivity index (χ0v) is 12.5. The van der Waals surface area contributed by atoms with Gasteiger partial charge in [0.25, 0.3) is 10.0 Å². The lowest BCUT2D eigenvalue weighted by atomic mass is 10.2. The Morgan fingerprint density at radius 3 is 2.20 bits per heavy atom. The number of rotatable bonds is 4. The van der Waals surface area contributed by atoms with Crippen LogP contribution in [-0.2, 0) is 10.0 Å². The molecule has 0 aliphatic heterocycles. The molecule has 20 heavy (non-hydrogen) atoms. The molecule has 2 rings (SSSR count). The molecule has 0 aromatic heterocycles. The first kappa shape index (κ1) is 14.8. The van der Waals surface area contributed by atoms with Crippen LogP contribution in [0.2, 0.25) is 5.02 Å². The Bertz CT molecular complexity index is 714. The zero-order valence-electron chi connectivity index (χ0n) is 10.1. The van der Waals surface area contributed by atoms with E-state index in [0.717, 1.165) is 0 Å². The number of hydrogen-bond acceptors (Lipinski definition) is 3. The summed E-state index contributed by atoms with van der Waals surface area (Å²) >= 11 is 11.7. The normalized spacial score (nSPS) is 12.2. The average Bonchev–Trinajstić information content (AvgIpc) is 2.46. The van der Waals surface area contributed by atoms with Gasteiger partial charge >= 0.3 is 0 Å². The SMILES string of the molecule is O=S(=O)(N/N=C(\Cl)c1ccc(Cl)cc1)c1ccccc1. The van der Waals surface area contributed by atoms with Crippen molar-refractivity contribution in [1.29, 1.82) is 0 Å². The minimum absolute atomic E-state index is 0.0289. The fourth-order valence-corrected chi connectivity index (χ4v) is 2.58. The van der Waals surface area contributed by atoms with Crippen molar-refractivity contribution >= 4 is 38.4 Å². The highest BCUT2D eigenvalue weighted by molar-refractivity contribution is 7.89. The fraction of sp³-hybridized carbons (Fsp3) is 0. The molecule has 0 fully saturated rings. The second-order valence-corrected chi connectivity index (χ2v) is 6.27. The third kappa shape index (κ3) is 3.72. The lowest BCUT2D eigenvalue weighted by Gasteiger charge is -2.04. The van der Waals surface area contributed by atoms with Crippen LogP contribution in [0, 0.1) is 0 Å². The van der Waals surface area contributed by atoms with E-state index in [1.165, 1.54) is 12.1 Å². The predicted octanol–water partition coefficient (Wildman–Crippen LogP) is 3.22. The Hall–Kier alpha value is -1.56. The Balaban J connectivity index is 2.18. The lowest BCUT2D eigenvalue weighted by Crippen LogP contribution is -2.19. The van der Waals surface area contributed by atoms with E-state index in [9.17, 15) is 8.42 Å². The van der Waals surface area contributed by atoms with Gasteiger partial charge in [0.15, 0.2) is 5.17 Å². The molecule has 0 radical (unpaired) electrons. The van der Waals surface area contributed by atoms with Gasteiger partial charge in [0.1, 0.15) is 0 Å². The smallest absolute Gasteiger partial charge is 0.200 e. The maximum atomic E-state index is 11.9. The third-order valence-corrected chi connectivity index (χ3v) is 4.18. The van der Waals surface area contributed by atoms with Crippen molar-refractivity contribution in [2.24, 2.45) is 5.10 Å². The number of sulfonamides is 1. The van der Waals surface area contributed by atoms with Crippen LogP contribution in [0.1, 0.15) is 5.56 Å². The summed E-state index contributed by atoms with van der Waals surface area (Å²) in [5, 5.41) is 4.26. The molecular weight excluding hydrogens is 319 g/mol. The number of nitrogens with one attached hydrogen (secondary N) is 1. The molecule has 0 amide bonds. The van der Waals surface area contributed by atoms with E-state index >= 15 is 0 Å². The molecule has 4 nitrogen and oxygen atoms in total. The van der Waals surface area contributed by atoms with Gasteiger partial charge in [-0.25, -0.2) is 0 Å². The van der Waals surface area contributed by atoms with Gasteiger partial charge in [-0.3, -0.25) is 0 Å². The molecule has 0 unspecified atom stereocenters. The molecule has 0 bridgehead atoms. The summed E-state index contributed by atoms with van der Waals surface area (Å²) in [6.45, 7) is 0. The summed E-state index contributed by atoms with van der Waals surface area (Å²) in [5.41, 5.74) is 0.562. The predicted molar refractivity (Wildman–Crippen MR) is 80.6 cm³/mol. The van der Waals surface area contributed by atoms with Gasteiger partial charge in [-0.1, -0.05) is 53.5 Å². The van der Waals surface area contributed by atoms with Crippen molar-refractivity contribution in [3.63, 3.8) is 0 Å². The van der Waals surface area contributed by atoms with Crippen LogP contribution in [0.5, 0.6) is 0 Å². The third-order valence-electron chi connectivity index (χ3n) is 2.40. The maximum absolute atomic E-state index is 11.9. The molecule has 0 saturated carbocycles. The Kier molecular flexibility index (Phi) is 4.65. The number of hydrogen-bond donors (Lipinski definition) is 1. The zero-order chi connectivity index (χ0) is 14.6. The minimum atomic E-state index is -3.72. The van der Waals surface area contributed by atoms with Crippen LogP contribution in [0.25, 0.3) is 0 Å². The second-order valence-electron chi connectivity index (χ2n) is 3.82. The van der Waals surface area contributed by atoms with E-state index in [1.807, 2.05) is 0 Å². The van der Waals surface area contributed by atoms with E-state index in [-0.39, 0.29) is 10.1 Å². The van der Waals surface area contributed by atoms with Crippen molar-refractivity contribution in [2.45, 2.75) is 4.90 Å². The van der Waals surface area contributed by atoms with Crippen LogP contribution in [0.15, 0.2) is 64.6 Å². The second kappa shape index (κ2) is 6.26. The van der Waals surface area contributed by atoms with E-state index in [4.69, 9.17) is 23.2 Å². The molecule has 104 valence electrons. The topological polar surface area (TPSA) is 58.5 Å². The molecule has 7 heteroatoms. The van der Waals surface area contributed by atoms with Crippen molar-refractivity contribution < 1.29 is 8.42 Å². The van der Waals surface area contributed by atoms with Crippen LogP contribution in [0.3, 0.4) is 0 Å². The standard InChI is InChI=1S/C13H10Cl2N2O2S/c14-11-8-6-10(7-9-11)13(15)16-17-20(18,19)12-4-2-1-3-5-12/h1-9,17H/b16-13-. The van der Waals surface area contributed by atoms with Crippen molar-refractivity contribution in [3.8, 4) is 0 Å². The van der Waals surface area contributed by atoms with Crippen LogP contribution in [-0.4, -0.2) is 13.6 Å². The van der Waals surface area contributed by atoms with Crippen molar-refractivity contribution in [2.75, 3.05) is 0 Å². The first-order valence-electron chi connectivity index (χ1n) is 5.55. The summed E-state index contributed by atoms with van der Waals surface area (Å²) in [6.07, 6.45) is 0. The monoisotopic (exact) mass is 328 g/mol. The van der Waals surface area contributed by atoms with Gasteiger partial charge < -0.3 is 0 Å². The van der Waals surface area contributed by atoms with E-state index < -0.39 is 10.0 Å². The quantitative estimate of drug-likeness (QED) is 0.692. The summed E-state index contributed by atoms with van der Waals surface area (Å²) in [5.74, 6) is 0. The molecule has 2 aromatic rings. The molecule has 0 saturated heterocycles. The van der Waals surface area contributed by atoms with Gasteiger partial charge in [0.2, 0.25) is 0 Å². The number of hydrazone groups is 1. The van der Waals surface area contributed by atoms with E-state index in [2.05, 4.69) is 9.93 Å². The number of halogens is 2. The molecule has 0 heterocycles. The van der Waals surface area contributed by atoms with Gasteiger partial charge in [-0.2, -0.15) is 18.4 Å². The Morgan fingerprint density at radius 2 is 1.60 bits per heavy atom. The average molecular weight is 329 g/mol. The molecule has 0 atom stereocenters. The highest BCUT2D eigenvalue weighted by atomic mass is 35.5. The largest absolute Gasteiger partial charge is 0.276 e. The fourth-order valence-electron chi connectivity index (χ4n) is 1.40. The van der Waals surface area contributed by atoms with Crippen LogP contribution < -0.4 is 4.83 Å². The molecular formula is C13H10Cl2N2O2S. The molecule has 0 aliphatic carbocycles. The summed E-state index contributed by atoms with van der Waals surface area (Å²) in [6, 6.07) is 14.5. The number of benzene rings is 2. The summed E-state index contributed by atoms with van der Waals surface area (Å²) in [4.78, 5) is 2.20. The Morgan fingerprint density at radius 1 is 1.00 bits per heavy atom. The van der Waals surface area contributed by atoms with Gasteiger partial charge in [0, 0.05) is 10.6 Å². The van der Waals surface area contributed by atoms with Crippen LogP contribution in [0.4, 0.5) is 0 Å². The Labute approximate surface area is 127 Å². The highest BCUT2D eigenvalue weighted by Gasteiger charge is 2.12. The van der Waals surface area contributed by atoms with Gasteiger partial charge in [-0.05, 0) is 24.3 Å². The lowest BCUT2D eigenvalue weighted by molar-refractivity contribution is 0.584. The van der Waals surface area contributed by atoms with Crippen molar-refractivity contribution in [1.82, 2.24) is 4.83 Å². The first-order chi connectivity index (χ1) is 9.49. The van der Waals surface area contributed by atoms with Crippen molar-refractivity contribution in [3.05, 3.63) is 65.2 Å². The summed E-state index contributed by atoms with van der Waals surface area (Å²) < 4.78 is 23.8.